The van der Waals surface area contributed by atoms with Gasteiger partial charge in [-0.15, -0.1) is 0 Å². The molecule has 2 atom stereocenters. The largest absolute Gasteiger partial charge is 0.493 e. The lowest BCUT2D eigenvalue weighted by atomic mass is 9.87. The standard InChI is InChI=1S/C27H35NO6/c1-19(2)23(16-21-11-12-24(32-4)25(17-21)33-14-8-13-31-3)26(29)28-22(18-34-27(28)30)15-20-9-6-5-7-10-20/h5-7,9-12,17,19,22-23H,8,13-16,18H2,1-4H3. The van der Waals surface area contributed by atoms with E-state index in [1.165, 1.54) is 4.90 Å². The summed E-state index contributed by atoms with van der Waals surface area (Å²) in [7, 11) is 3.26. The highest BCUT2D eigenvalue weighted by Crippen LogP contribution is 2.31. The van der Waals surface area contributed by atoms with Gasteiger partial charge in [-0.25, -0.2) is 9.69 Å². The van der Waals surface area contributed by atoms with Crippen molar-refractivity contribution in [1.82, 2.24) is 4.90 Å². The maximum Gasteiger partial charge on any atom is 0.416 e. The quantitative estimate of drug-likeness (QED) is 0.426. The zero-order valence-electron chi connectivity index (χ0n) is 20.5. The predicted octanol–water partition coefficient (Wildman–Crippen LogP) is 4.52. The van der Waals surface area contributed by atoms with Crippen LogP contribution in [0.15, 0.2) is 48.5 Å². The number of rotatable bonds is 12. The monoisotopic (exact) mass is 469 g/mol. The van der Waals surface area contributed by atoms with Gasteiger partial charge >= 0.3 is 6.09 Å². The maximum absolute atomic E-state index is 13.6. The van der Waals surface area contributed by atoms with E-state index in [9.17, 15) is 9.59 Å². The fraction of sp³-hybridized carbons (Fsp3) is 0.481. The Morgan fingerprint density at radius 2 is 1.82 bits per heavy atom. The summed E-state index contributed by atoms with van der Waals surface area (Å²) >= 11 is 0. The smallest absolute Gasteiger partial charge is 0.416 e. The van der Waals surface area contributed by atoms with E-state index < -0.39 is 6.09 Å². The topological polar surface area (TPSA) is 74.3 Å². The van der Waals surface area contributed by atoms with Crippen molar-refractivity contribution in [2.24, 2.45) is 11.8 Å². The third-order valence-corrected chi connectivity index (χ3v) is 6.07. The van der Waals surface area contributed by atoms with Crippen molar-refractivity contribution in [2.45, 2.75) is 39.2 Å². The summed E-state index contributed by atoms with van der Waals surface area (Å²) < 4.78 is 21.7. The summed E-state index contributed by atoms with van der Waals surface area (Å²) in [6.45, 7) is 5.33. The number of carbonyl (C=O) groups is 2. The Labute approximate surface area is 201 Å². The van der Waals surface area contributed by atoms with E-state index in [0.717, 1.165) is 17.5 Å². The Balaban J connectivity index is 1.76. The van der Waals surface area contributed by atoms with E-state index in [1.807, 2.05) is 62.4 Å². The van der Waals surface area contributed by atoms with Crippen LogP contribution in [-0.2, 0) is 27.1 Å². The average molecular weight is 470 g/mol. The van der Waals surface area contributed by atoms with Crippen LogP contribution >= 0.6 is 0 Å². The molecule has 2 unspecified atom stereocenters. The van der Waals surface area contributed by atoms with Crippen LogP contribution in [-0.4, -0.2) is 57.0 Å². The first-order chi connectivity index (χ1) is 16.4. The predicted molar refractivity (Wildman–Crippen MR) is 129 cm³/mol. The molecule has 184 valence electrons. The number of hydrogen-bond acceptors (Lipinski definition) is 6. The molecule has 0 spiro atoms. The van der Waals surface area contributed by atoms with Crippen LogP contribution in [0.1, 0.15) is 31.4 Å². The number of imide groups is 1. The molecule has 2 aromatic rings. The Kier molecular flexibility index (Phi) is 9.33. The highest BCUT2D eigenvalue weighted by molar-refractivity contribution is 5.95. The van der Waals surface area contributed by atoms with Crippen molar-refractivity contribution in [1.29, 1.82) is 0 Å². The van der Waals surface area contributed by atoms with Crippen LogP contribution in [0.5, 0.6) is 11.5 Å². The van der Waals surface area contributed by atoms with Gasteiger partial charge in [-0.1, -0.05) is 50.2 Å². The molecule has 0 aliphatic carbocycles. The second-order valence-corrected chi connectivity index (χ2v) is 8.86. The first-order valence-corrected chi connectivity index (χ1v) is 11.8. The van der Waals surface area contributed by atoms with Crippen LogP contribution in [0, 0.1) is 11.8 Å². The molecule has 0 bridgehead atoms. The van der Waals surface area contributed by atoms with Crippen molar-refractivity contribution in [3.8, 4) is 11.5 Å². The van der Waals surface area contributed by atoms with E-state index >= 15 is 0 Å². The molecule has 1 saturated heterocycles. The molecule has 1 heterocycles. The Morgan fingerprint density at radius 1 is 1.06 bits per heavy atom. The number of carbonyl (C=O) groups excluding carboxylic acids is 2. The molecule has 2 amide bonds. The fourth-order valence-electron chi connectivity index (χ4n) is 4.15. The number of nitrogens with zero attached hydrogens (tertiary/aromatic N) is 1. The van der Waals surface area contributed by atoms with E-state index in [2.05, 4.69) is 0 Å². The van der Waals surface area contributed by atoms with Gasteiger partial charge in [-0.05, 0) is 42.0 Å². The van der Waals surface area contributed by atoms with Gasteiger partial charge in [0.05, 0.1) is 19.8 Å². The fourth-order valence-corrected chi connectivity index (χ4v) is 4.15. The number of hydrogen-bond donors (Lipinski definition) is 0. The summed E-state index contributed by atoms with van der Waals surface area (Å²) in [5.41, 5.74) is 2.01. The Hall–Kier alpha value is -3.06. The van der Waals surface area contributed by atoms with Gasteiger partial charge in [0.25, 0.3) is 0 Å². The van der Waals surface area contributed by atoms with Gasteiger partial charge in [0.1, 0.15) is 6.61 Å². The van der Waals surface area contributed by atoms with E-state index in [-0.39, 0.29) is 30.4 Å². The molecule has 0 saturated carbocycles. The number of cyclic esters (lactones) is 1. The van der Waals surface area contributed by atoms with Crippen LogP contribution in [0.2, 0.25) is 0 Å². The number of amides is 2. The maximum atomic E-state index is 13.6. The van der Waals surface area contributed by atoms with Gasteiger partial charge in [0.2, 0.25) is 5.91 Å². The van der Waals surface area contributed by atoms with Gasteiger partial charge in [0.15, 0.2) is 11.5 Å². The highest BCUT2D eigenvalue weighted by atomic mass is 16.6. The summed E-state index contributed by atoms with van der Waals surface area (Å²) in [4.78, 5) is 27.5. The normalized spacial score (nSPS) is 16.4. The second kappa shape index (κ2) is 12.4. The number of ether oxygens (including phenoxy) is 4. The molecular weight excluding hydrogens is 434 g/mol. The van der Waals surface area contributed by atoms with Crippen molar-refractivity contribution in [3.63, 3.8) is 0 Å². The Bertz CT molecular complexity index is 945. The molecule has 3 rings (SSSR count). The SMILES string of the molecule is COCCCOc1cc(CC(C(=O)N2C(=O)OCC2Cc2ccccc2)C(C)C)ccc1OC. The summed E-state index contributed by atoms with van der Waals surface area (Å²) in [6.07, 6.45) is 1.26. The molecule has 0 N–H and O–H groups in total. The van der Waals surface area contributed by atoms with E-state index in [1.54, 1.807) is 14.2 Å². The zero-order valence-corrected chi connectivity index (χ0v) is 20.5. The third-order valence-electron chi connectivity index (χ3n) is 6.07. The van der Waals surface area contributed by atoms with Gasteiger partial charge in [0, 0.05) is 26.1 Å². The lowest BCUT2D eigenvalue weighted by Gasteiger charge is -2.27. The molecule has 2 aromatic carbocycles. The minimum Gasteiger partial charge on any atom is -0.493 e. The second-order valence-electron chi connectivity index (χ2n) is 8.86. The summed E-state index contributed by atoms with van der Waals surface area (Å²) in [6, 6.07) is 15.2. The highest BCUT2D eigenvalue weighted by Gasteiger charge is 2.41. The Morgan fingerprint density at radius 3 is 2.50 bits per heavy atom. The van der Waals surface area contributed by atoms with E-state index in [0.29, 0.717) is 37.6 Å². The van der Waals surface area contributed by atoms with Crippen LogP contribution in [0.25, 0.3) is 0 Å². The molecule has 7 nitrogen and oxygen atoms in total. The first kappa shape index (κ1) is 25.6. The van der Waals surface area contributed by atoms with Crippen molar-refractivity contribution >= 4 is 12.0 Å². The average Bonchev–Trinajstić information content (AvgIpc) is 3.20. The van der Waals surface area contributed by atoms with Crippen LogP contribution in [0.3, 0.4) is 0 Å². The van der Waals surface area contributed by atoms with Crippen LogP contribution in [0.4, 0.5) is 4.79 Å². The lowest BCUT2D eigenvalue weighted by Crippen LogP contribution is -2.45. The van der Waals surface area contributed by atoms with Crippen molar-refractivity contribution < 1.29 is 28.5 Å². The minimum atomic E-state index is -0.562. The molecule has 7 heteroatoms. The van der Waals surface area contributed by atoms with Crippen LogP contribution < -0.4 is 9.47 Å². The van der Waals surface area contributed by atoms with Crippen molar-refractivity contribution in [3.05, 3.63) is 59.7 Å². The first-order valence-electron chi connectivity index (χ1n) is 11.8. The van der Waals surface area contributed by atoms with Gasteiger partial charge in [-0.2, -0.15) is 0 Å². The molecule has 1 fully saturated rings. The minimum absolute atomic E-state index is 0.0337. The molecular formula is C27H35NO6. The number of methoxy groups -OCH3 is 2. The molecule has 1 aliphatic heterocycles. The van der Waals surface area contributed by atoms with Crippen molar-refractivity contribution in [2.75, 3.05) is 34.0 Å². The third kappa shape index (κ3) is 6.50. The van der Waals surface area contributed by atoms with Gasteiger partial charge < -0.3 is 18.9 Å². The molecule has 34 heavy (non-hydrogen) atoms. The lowest BCUT2D eigenvalue weighted by molar-refractivity contribution is -0.134. The zero-order chi connectivity index (χ0) is 24.5. The van der Waals surface area contributed by atoms with Gasteiger partial charge in [-0.3, -0.25) is 4.79 Å². The van der Waals surface area contributed by atoms with E-state index in [4.69, 9.17) is 18.9 Å². The summed E-state index contributed by atoms with van der Waals surface area (Å²) in [5.74, 6) is 0.732. The molecule has 1 aliphatic rings. The molecule has 0 radical (unpaired) electrons. The number of benzene rings is 2. The summed E-state index contributed by atoms with van der Waals surface area (Å²) in [5, 5.41) is 0. The molecule has 0 aromatic heterocycles.